The van der Waals surface area contributed by atoms with Crippen molar-refractivity contribution in [2.45, 2.75) is 57.7 Å². The molecule has 5 rings (SSSR count). The van der Waals surface area contributed by atoms with Gasteiger partial charge < -0.3 is 10.4 Å². The van der Waals surface area contributed by atoms with Gasteiger partial charge in [0.1, 0.15) is 11.3 Å². The van der Waals surface area contributed by atoms with E-state index >= 15 is 0 Å². The molecule has 0 atom stereocenters. The SMILES string of the molecule is CC1(C)CC(n2nnc3cc(-c4ccc(-c5ccsc5)cc4O)nnc32)CC(C)(C)N1.Cl. The molecule has 0 unspecified atom stereocenters. The molecule has 4 aromatic rings. The summed E-state index contributed by atoms with van der Waals surface area (Å²) in [6, 6.07) is 9.70. The van der Waals surface area contributed by atoms with Crippen molar-refractivity contribution in [3.8, 4) is 28.1 Å². The van der Waals surface area contributed by atoms with Gasteiger partial charge in [0.2, 0.25) is 5.65 Å². The number of piperidine rings is 1. The molecule has 0 amide bonds. The number of rotatable bonds is 3. The van der Waals surface area contributed by atoms with Crippen molar-refractivity contribution >= 4 is 34.9 Å². The van der Waals surface area contributed by atoms with Gasteiger partial charge in [-0.15, -0.1) is 27.7 Å². The Morgan fingerprint density at radius 1 is 1.00 bits per heavy atom. The third kappa shape index (κ3) is 4.22. The lowest BCUT2D eigenvalue weighted by atomic mass is 9.80. The summed E-state index contributed by atoms with van der Waals surface area (Å²) in [7, 11) is 0. The van der Waals surface area contributed by atoms with Gasteiger partial charge in [-0.25, -0.2) is 4.68 Å². The molecule has 4 heterocycles. The lowest BCUT2D eigenvalue weighted by molar-refractivity contribution is 0.127. The first-order valence-corrected chi connectivity index (χ1v) is 11.4. The second kappa shape index (κ2) is 8.10. The van der Waals surface area contributed by atoms with Crippen LogP contribution < -0.4 is 5.32 Å². The minimum absolute atomic E-state index is 0. The normalized spacial score (nSPS) is 17.9. The Labute approximate surface area is 197 Å². The molecule has 7 nitrogen and oxygen atoms in total. The Balaban J connectivity index is 0.00000245. The quantitative estimate of drug-likeness (QED) is 0.426. The van der Waals surface area contributed by atoms with E-state index < -0.39 is 0 Å². The van der Waals surface area contributed by atoms with Crippen molar-refractivity contribution in [2.75, 3.05) is 0 Å². The minimum atomic E-state index is -0.00590. The van der Waals surface area contributed by atoms with Gasteiger partial charge in [-0.1, -0.05) is 11.3 Å². The van der Waals surface area contributed by atoms with Gasteiger partial charge in [-0.2, -0.15) is 11.3 Å². The zero-order chi connectivity index (χ0) is 21.8. The maximum atomic E-state index is 10.6. The van der Waals surface area contributed by atoms with Crippen LogP contribution in [0.15, 0.2) is 41.1 Å². The number of nitrogens with zero attached hydrogens (tertiary/aromatic N) is 5. The number of phenolic OH excluding ortho intramolecular Hbond substituents is 1. The molecule has 32 heavy (non-hydrogen) atoms. The molecule has 3 aromatic heterocycles. The van der Waals surface area contributed by atoms with Gasteiger partial charge in [-0.3, -0.25) is 0 Å². The molecule has 2 N–H and O–H groups in total. The summed E-state index contributed by atoms with van der Waals surface area (Å²) >= 11 is 1.63. The summed E-state index contributed by atoms with van der Waals surface area (Å²) in [6.45, 7) is 8.86. The molecule has 0 aliphatic carbocycles. The van der Waals surface area contributed by atoms with Gasteiger partial charge in [0.15, 0.2) is 0 Å². The predicted molar refractivity (Wildman–Crippen MR) is 130 cm³/mol. The van der Waals surface area contributed by atoms with E-state index in [9.17, 15) is 5.11 Å². The third-order valence-corrected chi connectivity index (χ3v) is 6.55. The molecule has 1 saturated heterocycles. The number of thiophene rings is 1. The molecule has 1 fully saturated rings. The molecule has 168 valence electrons. The summed E-state index contributed by atoms with van der Waals surface area (Å²) < 4.78 is 1.91. The highest BCUT2D eigenvalue weighted by Crippen LogP contribution is 2.37. The number of aromatic hydroxyl groups is 1. The number of nitrogens with one attached hydrogen (secondary N) is 1. The molecule has 0 radical (unpaired) electrons. The number of halogens is 1. The topological polar surface area (TPSA) is 88.8 Å². The fourth-order valence-electron chi connectivity index (χ4n) is 4.93. The molecular weight excluding hydrogens is 444 g/mol. The fraction of sp³-hybridized carbons (Fsp3) is 0.391. The van der Waals surface area contributed by atoms with Crippen LogP contribution in [0.5, 0.6) is 5.75 Å². The van der Waals surface area contributed by atoms with Crippen LogP contribution in [0.2, 0.25) is 0 Å². The van der Waals surface area contributed by atoms with E-state index in [2.05, 4.69) is 58.9 Å². The Morgan fingerprint density at radius 3 is 2.41 bits per heavy atom. The number of hydrogen-bond acceptors (Lipinski definition) is 7. The number of hydrogen-bond donors (Lipinski definition) is 2. The Hall–Kier alpha value is -2.55. The Kier molecular flexibility index (Phi) is 5.73. The van der Waals surface area contributed by atoms with Crippen molar-refractivity contribution in [1.29, 1.82) is 0 Å². The fourth-order valence-corrected chi connectivity index (χ4v) is 5.59. The standard InChI is InChI=1S/C23H26N6OS.ClH/c1-22(2)11-16(12-23(3,4)27-22)29-21-19(25-28-29)10-18(24-26-21)17-6-5-14(9-20(17)30)15-7-8-31-13-15;/h5-10,13,16,27,30H,11-12H2,1-4H3;1H. The van der Waals surface area contributed by atoms with Crippen molar-refractivity contribution in [3.05, 3.63) is 41.1 Å². The van der Waals surface area contributed by atoms with Gasteiger partial charge in [-0.05, 0) is 86.7 Å². The van der Waals surface area contributed by atoms with Crippen molar-refractivity contribution in [3.63, 3.8) is 0 Å². The van der Waals surface area contributed by atoms with Gasteiger partial charge in [0.25, 0.3) is 0 Å². The molecular formula is C23H27ClN6OS. The minimum Gasteiger partial charge on any atom is -0.507 e. The van der Waals surface area contributed by atoms with Crippen LogP contribution in [-0.4, -0.2) is 41.4 Å². The van der Waals surface area contributed by atoms with Crippen molar-refractivity contribution in [2.24, 2.45) is 0 Å². The van der Waals surface area contributed by atoms with Crippen LogP contribution in [0.3, 0.4) is 0 Å². The maximum Gasteiger partial charge on any atom is 0.201 e. The molecule has 0 bridgehead atoms. The van der Waals surface area contributed by atoms with Crippen LogP contribution in [0, 0.1) is 0 Å². The van der Waals surface area contributed by atoms with E-state index in [1.54, 1.807) is 17.4 Å². The first kappa shape index (κ1) is 22.6. The lowest BCUT2D eigenvalue weighted by Gasteiger charge is -2.46. The summed E-state index contributed by atoms with van der Waals surface area (Å²) in [6.07, 6.45) is 1.87. The lowest BCUT2D eigenvalue weighted by Crippen LogP contribution is -2.58. The molecule has 9 heteroatoms. The van der Waals surface area contributed by atoms with Crippen LogP contribution in [-0.2, 0) is 0 Å². The Morgan fingerprint density at radius 2 is 1.75 bits per heavy atom. The van der Waals surface area contributed by atoms with Crippen molar-refractivity contribution < 1.29 is 5.11 Å². The summed E-state index contributed by atoms with van der Waals surface area (Å²) in [5, 5.41) is 36.1. The Bertz CT molecular complexity index is 1230. The molecule has 0 saturated carbocycles. The molecule has 1 aliphatic rings. The average Bonchev–Trinajstić information content (AvgIpc) is 3.35. The summed E-state index contributed by atoms with van der Waals surface area (Å²) in [5.41, 5.74) is 4.62. The number of phenols is 1. The highest BCUT2D eigenvalue weighted by Gasteiger charge is 2.39. The van der Waals surface area contributed by atoms with E-state index in [0.717, 1.165) is 24.0 Å². The molecule has 1 aliphatic heterocycles. The largest absolute Gasteiger partial charge is 0.507 e. The first-order valence-electron chi connectivity index (χ1n) is 10.4. The predicted octanol–water partition coefficient (Wildman–Crippen LogP) is 5.23. The average molecular weight is 471 g/mol. The van der Waals surface area contributed by atoms with E-state index in [4.69, 9.17) is 0 Å². The summed E-state index contributed by atoms with van der Waals surface area (Å²) in [5.74, 6) is 0.173. The summed E-state index contributed by atoms with van der Waals surface area (Å²) in [4.78, 5) is 0. The first-order chi connectivity index (χ1) is 14.7. The number of fused-ring (bicyclic) bond motifs is 1. The van der Waals surface area contributed by atoms with Crippen molar-refractivity contribution in [1.82, 2.24) is 30.5 Å². The third-order valence-electron chi connectivity index (χ3n) is 5.86. The highest BCUT2D eigenvalue weighted by atomic mass is 35.5. The smallest absolute Gasteiger partial charge is 0.201 e. The number of aromatic nitrogens is 5. The van der Waals surface area contributed by atoms with E-state index in [1.807, 2.05) is 34.3 Å². The van der Waals surface area contributed by atoms with Gasteiger partial charge >= 0.3 is 0 Å². The monoisotopic (exact) mass is 470 g/mol. The van der Waals surface area contributed by atoms with Gasteiger partial charge in [0.05, 0.1) is 11.7 Å². The number of benzene rings is 1. The van der Waals surface area contributed by atoms with Crippen LogP contribution in [0.25, 0.3) is 33.5 Å². The second-order valence-corrected chi connectivity index (χ2v) is 10.5. The van der Waals surface area contributed by atoms with E-state index in [0.29, 0.717) is 22.4 Å². The van der Waals surface area contributed by atoms with Crippen LogP contribution in [0.4, 0.5) is 0 Å². The van der Waals surface area contributed by atoms with E-state index in [-0.39, 0.29) is 35.3 Å². The van der Waals surface area contributed by atoms with Crippen LogP contribution in [0.1, 0.15) is 46.6 Å². The molecule has 1 aromatic carbocycles. The zero-order valence-corrected chi connectivity index (χ0v) is 20.2. The highest BCUT2D eigenvalue weighted by molar-refractivity contribution is 7.08. The second-order valence-electron chi connectivity index (χ2n) is 9.67. The molecule has 0 spiro atoms. The van der Waals surface area contributed by atoms with E-state index in [1.165, 1.54) is 0 Å². The zero-order valence-electron chi connectivity index (χ0n) is 18.5. The van der Waals surface area contributed by atoms with Gasteiger partial charge in [0, 0.05) is 16.6 Å². The van der Waals surface area contributed by atoms with Crippen LogP contribution >= 0.6 is 23.7 Å². The maximum absolute atomic E-state index is 10.6.